The van der Waals surface area contributed by atoms with Crippen LogP contribution in [0.1, 0.15) is 64.6 Å². The summed E-state index contributed by atoms with van der Waals surface area (Å²) in [5, 5.41) is 4.01. The first-order valence-corrected chi connectivity index (χ1v) is 7.28. The molecule has 0 N–H and O–H groups in total. The minimum atomic E-state index is 0.102. The van der Waals surface area contributed by atoms with Crippen molar-refractivity contribution in [3.8, 4) is 0 Å². The molecule has 1 aromatic rings. The van der Waals surface area contributed by atoms with Crippen LogP contribution < -0.4 is 0 Å². The van der Waals surface area contributed by atoms with Gasteiger partial charge in [0.2, 0.25) is 5.89 Å². The van der Waals surface area contributed by atoms with Crippen LogP contribution in [-0.2, 0) is 17.6 Å². The minimum Gasteiger partial charge on any atom is -0.339 e. The van der Waals surface area contributed by atoms with E-state index >= 15 is 0 Å². The highest BCUT2D eigenvalue weighted by atomic mass is 16.5. The van der Waals surface area contributed by atoms with Gasteiger partial charge in [-0.2, -0.15) is 4.98 Å². The molecule has 0 amide bonds. The molecule has 1 aromatic heterocycles. The summed E-state index contributed by atoms with van der Waals surface area (Å²) in [5.74, 6) is 1.86. The second-order valence-electron chi connectivity index (χ2n) is 6.78. The third kappa shape index (κ3) is 4.44. The van der Waals surface area contributed by atoms with E-state index in [2.05, 4.69) is 30.9 Å². The zero-order chi connectivity index (χ0) is 13.9. The van der Waals surface area contributed by atoms with Crippen molar-refractivity contribution in [2.24, 2.45) is 11.3 Å². The van der Waals surface area contributed by atoms with Crippen LogP contribution in [0.3, 0.4) is 0 Å². The molecule has 0 spiro atoms. The molecular weight excluding hydrogens is 240 g/mol. The van der Waals surface area contributed by atoms with Crippen molar-refractivity contribution in [3.05, 3.63) is 11.7 Å². The molecule has 0 aromatic carbocycles. The molecule has 2 rings (SSSR count). The van der Waals surface area contributed by atoms with Gasteiger partial charge in [0.25, 0.3) is 0 Å². The second-order valence-corrected chi connectivity index (χ2v) is 6.78. The van der Waals surface area contributed by atoms with Crippen molar-refractivity contribution in [1.82, 2.24) is 10.1 Å². The van der Waals surface area contributed by atoms with Crippen LogP contribution in [0, 0.1) is 11.3 Å². The number of hydrogen-bond acceptors (Lipinski definition) is 4. The van der Waals surface area contributed by atoms with E-state index in [4.69, 9.17) is 4.52 Å². The summed E-state index contributed by atoms with van der Waals surface area (Å²) >= 11 is 0. The van der Waals surface area contributed by atoms with Crippen LogP contribution in [0.2, 0.25) is 0 Å². The van der Waals surface area contributed by atoms with E-state index in [0.717, 1.165) is 44.3 Å². The van der Waals surface area contributed by atoms with Crippen molar-refractivity contribution in [2.75, 3.05) is 0 Å². The smallest absolute Gasteiger partial charge is 0.227 e. The lowest BCUT2D eigenvalue weighted by atomic mass is 9.86. The van der Waals surface area contributed by atoms with Crippen LogP contribution in [-0.4, -0.2) is 15.9 Å². The van der Waals surface area contributed by atoms with Gasteiger partial charge in [-0.15, -0.1) is 0 Å². The molecule has 0 bridgehead atoms. The molecule has 4 heteroatoms. The number of nitrogens with zero attached hydrogens (tertiary/aromatic N) is 2. The fourth-order valence-corrected chi connectivity index (χ4v) is 2.44. The van der Waals surface area contributed by atoms with Crippen LogP contribution in [0.4, 0.5) is 0 Å². The number of carbonyl (C=O) groups excluding carboxylic acids is 1. The standard InChI is InChI=1S/C15H24N2O2/c1-15(2,3)9-8-13-16-14(19-17-13)10-11-6-4-5-7-12(11)18/h11H,4-10H2,1-3H3. The van der Waals surface area contributed by atoms with Crippen molar-refractivity contribution in [1.29, 1.82) is 0 Å². The highest BCUT2D eigenvalue weighted by molar-refractivity contribution is 5.81. The van der Waals surface area contributed by atoms with Gasteiger partial charge in [0.05, 0.1) is 0 Å². The van der Waals surface area contributed by atoms with Gasteiger partial charge in [0.1, 0.15) is 5.78 Å². The molecule has 1 unspecified atom stereocenters. The average molecular weight is 264 g/mol. The number of aromatic nitrogens is 2. The summed E-state index contributed by atoms with van der Waals surface area (Å²) in [6.45, 7) is 6.61. The number of hydrogen-bond donors (Lipinski definition) is 0. The van der Waals surface area contributed by atoms with Crippen LogP contribution in [0.15, 0.2) is 4.52 Å². The maximum atomic E-state index is 11.8. The quantitative estimate of drug-likeness (QED) is 0.836. The van der Waals surface area contributed by atoms with Gasteiger partial charge >= 0.3 is 0 Å². The first-order chi connectivity index (χ1) is 8.94. The molecule has 4 nitrogen and oxygen atoms in total. The lowest BCUT2D eigenvalue weighted by Crippen LogP contribution is -2.21. The fourth-order valence-electron chi connectivity index (χ4n) is 2.44. The Morgan fingerprint density at radius 1 is 1.32 bits per heavy atom. The summed E-state index contributed by atoms with van der Waals surface area (Å²) in [6, 6.07) is 0. The van der Waals surface area contributed by atoms with E-state index in [0.29, 0.717) is 18.1 Å². The Balaban J connectivity index is 1.88. The molecule has 0 radical (unpaired) electrons. The number of aryl methyl sites for hydroxylation is 1. The third-order valence-electron chi connectivity index (χ3n) is 3.71. The Bertz CT molecular complexity index is 432. The molecule has 1 aliphatic rings. The number of Topliss-reactive ketones (excluding diaryl/α,β-unsaturated/α-hetero) is 1. The zero-order valence-electron chi connectivity index (χ0n) is 12.2. The van der Waals surface area contributed by atoms with Gasteiger partial charge in [-0.25, -0.2) is 0 Å². The van der Waals surface area contributed by atoms with Crippen molar-refractivity contribution in [3.63, 3.8) is 0 Å². The SMILES string of the molecule is CC(C)(C)CCc1noc(CC2CCCCC2=O)n1. The Morgan fingerprint density at radius 2 is 2.11 bits per heavy atom. The Morgan fingerprint density at radius 3 is 2.79 bits per heavy atom. The van der Waals surface area contributed by atoms with Gasteiger partial charge in [0, 0.05) is 25.2 Å². The molecule has 0 saturated heterocycles. The van der Waals surface area contributed by atoms with Crippen LogP contribution >= 0.6 is 0 Å². The molecule has 1 heterocycles. The summed E-state index contributed by atoms with van der Waals surface area (Å²) in [6.07, 6.45) is 6.37. The van der Waals surface area contributed by atoms with E-state index in [-0.39, 0.29) is 11.3 Å². The maximum absolute atomic E-state index is 11.8. The zero-order valence-corrected chi connectivity index (χ0v) is 12.2. The summed E-state index contributed by atoms with van der Waals surface area (Å²) in [4.78, 5) is 16.2. The number of carbonyl (C=O) groups is 1. The first kappa shape index (κ1) is 14.2. The fraction of sp³-hybridized carbons (Fsp3) is 0.800. The van der Waals surface area contributed by atoms with Crippen molar-refractivity contribution < 1.29 is 9.32 Å². The summed E-state index contributed by atoms with van der Waals surface area (Å²) in [5.41, 5.74) is 0.278. The highest BCUT2D eigenvalue weighted by Crippen LogP contribution is 2.24. The lowest BCUT2D eigenvalue weighted by Gasteiger charge is -2.18. The number of ketones is 1. The van der Waals surface area contributed by atoms with Crippen LogP contribution in [0.5, 0.6) is 0 Å². The average Bonchev–Trinajstić information content (AvgIpc) is 2.77. The van der Waals surface area contributed by atoms with E-state index in [9.17, 15) is 4.79 Å². The molecule has 19 heavy (non-hydrogen) atoms. The molecular formula is C15H24N2O2. The van der Waals surface area contributed by atoms with Gasteiger partial charge in [0.15, 0.2) is 5.82 Å². The largest absolute Gasteiger partial charge is 0.339 e. The Kier molecular flexibility index (Phi) is 4.38. The third-order valence-corrected chi connectivity index (χ3v) is 3.71. The van der Waals surface area contributed by atoms with Crippen molar-refractivity contribution in [2.45, 2.75) is 65.7 Å². The van der Waals surface area contributed by atoms with E-state index in [1.54, 1.807) is 0 Å². The number of rotatable bonds is 4. The predicted octanol–water partition coefficient (Wildman–Crippen LogP) is 3.35. The van der Waals surface area contributed by atoms with Gasteiger partial charge in [-0.3, -0.25) is 4.79 Å². The Labute approximate surface area is 115 Å². The first-order valence-electron chi connectivity index (χ1n) is 7.28. The molecule has 106 valence electrons. The van der Waals surface area contributed by atoms with E-state index < -0.39 is 0 Å². The minimum absolute atomic E-state index is 0.102. The van der Waals surface area contributed by atoms with Crippen molar-refractivity contribution >= 4 is 5.78 Å². The molecule has 1 fully saturated rings. The molecule has 1 saturated carbocycles. The van der Waals surface area contributed by atoms with Crippen LogP contribution in [0.25, 0.3) is 0 Å². The van der Waals surface area contributed by atoms with Gasteiger partial charge in [-0.05, 0) is 24.7 Å². The lowest BCUT2D eigenvalue weighted by molar-refractivity contribution is -0.124. The molecule has 1 atom stereocenters. The van der Waals surface area contributed by atoms with E-state index in [1.807, 2.05) is 0 Å². The van der Waals surface area contributed by atoms with E-state index in [1.165, 1.54) is 0 Å². The Hall–Kier alpha value is -1.19. The second kappa shape index (κ2) is 5.85. The highest BCUT2D eigenvalue weighted by Gasteiger charge is 2.24. The van der Waals surface area contributed by atoms with Gasteiger partial charge < -0.3 is 4.52 Å². The monoisotopic (exact) mass is 264 g/mol. The normalized spacial score (nSPS) is 20.8. The predicted molar refractivity (Wildman–Crippen MR) is 72.7 cm³/mol. The molecule has 0 aliphatic heterocycles. The maximum Gasteiger partial charge on any atom is 0.227 e. The summed E-state index contributed by atoms with van der Waals surface area (Å²) in [7, 11) is 0. The summed E-state index contributed by atoms with van der Waals surface area (Å²) < 4.78 is 5.27. The van der Waals surface area contributed by atoms with Gasteiger partial charge in [-0.1, -0.05) is 32.3 Å². The topological polar surface area (TPSA) is 56.0 Å². The molecule has 1 aliphatic carbocycles.